The summed E-state index contributed by atoms with van der Waals surface area (Å²) in [5, 5.41) is 17.0. The Labute approximate surface area is 197 Å². The molecule has 1 fully saturated rings. The number of nitrogens with zero attached hydrogens (tertiary/aromatic N) is 4. The number of nitrogens with one attached hydrogen (secondary N) is 3. The fraction of sp³-hybridized carbons (Fsp3) is 0.250. The smallest absolute Gasteiger partial charge is 0.409 e. The minimum absolute atomic E-state index is 0.317. The van der Waals surface area contributed by atoms with Crippen molar-refractivity contribution in [1.82, 2.24) is 14.9 Å². The minimum Gasteiger partial charge on any atom is -0.465 e. The molecule has 2 heterocycles. The Kier molecular flexibility index (Phi) is 6.88. The molecule has 2 amide bonds. The SMILES string of the molecule is Cc1ccc(NC(=O)O)cc1C(=O)Nc1cnc(Nc2ccc(N3CCN(C)CC3)cc2)nc1. The van der Waals surface area contributed by atoms with Crippen molar-refractivity contribution in [2.45, 2.75) is 6.92 Å². The minimum atomic E-state index is -1.19. The monoisotopic (exact) mass is 461 g/mol. The van der Waals surface area contributed by atoms with Crippen molar-refractivity contribution in [3.8, 4) is 0 Å². The van der Waals surface area contributed by atoms with Crippen molar-refractivity contribution in [3.05, 3.63) is 66.0 Å². The molecular weight excluding hydrogens is 434 g/mol. The summed E-state index contributed by atoms with van der Waals surface area (Å²) in [6, 6.07) is 12.9. The zero-order valence-electron chi connectivity index (χ0n) is 19.1. The number of likely N-dealkylation sites (N-methyl/N-ethyl adjacent to an activating group) is 1. The maximum Gasteiger partial charge on any atom is 0.409 e. The van der Waals surface area contributed by atoms with E-state index >= 15 is 0 Å². The zero-order valence-corrected chi connectivity index (χ0v) is 19.1. The topological polar surface area (TPSA) is 123 Å². The molecule has 4 N–H and O–H groups in total. The second kappa shape index (κ2) is 10.2. The Morgan fingerprint density at radius 1 is 0.882 bits per heavy atom. The van der Waals surface area contributed by atoms with Crippen molar-refractivity contribution < 1.29 is 14.7 Å². The summed E-state index contributed by atoms with van der Waals surface area (Å²) < 4.78 is 0. The second-order valence-corrected chi connectivity index (χ2v) is 8.17. The van der Waals surface area contributed by atoms with Crippen molar-refractivity contribution in [1.29, 1.82) is 0 Å². The van der Waals surface area contributed by atoms with Crippen LogP contribution in [0.1, 0.15) is 15.9 Å². The fourth-order valence-electron chi connectivity index (χ4n) is 3.67. The summed E-state index contributed by atoms with van der Waals surface area (Å²) in [6.45, 7) is 5.92. The van der Waals surface area contributed by atoms with E-state index in [1.165, 1.54) is 24.1 Å². The van der Waals surface area contributed by atoms with E-state index < -0.39 is 6.09 Å². The van der Waals surface area contributed by atoms with Gasteiger partial charge in [0.25, 0.3) is 5.91 Å². The number of carbonyl (C=O) groups excluding carboxylic acids is 1. The molecule has 1 aliphatic heterocycles. The van der Waals surface area contributed by atoms with Gasteiger partial charge in [-0.15, -0.1) is 0 Å². The lowest BCUT2D eigenvalue weighted by molar-refractivity contribution is 0.102. The van der Waals surface area contributed by atoms with Gasteiger partial charge in [0.15, 0.2) is 0 Å². The highest BCUT2D eigenvalue weighted by Crippen LogP contribution is 2.22. The Morgan fingerprint density at radius 2 is 1.53 bits per heavy atom. The molecular formula is C24H27N7O3. The van der Waals surface area contributed by atoms with E-state index in [2.05, 4.69) is 54.9 Å². The molecule has 0 atom stereocenters. The number of anilines is 5. The number of benzene rings is 2. The molecule has 176 valence electrons. The predicted octanol–water partition coefficient (Wildman–Crippen LogP) is 3.62. The highest BCUT2D eigenvalue weighted by Gasteiger charge is 2.14. The standard InChI is InChI=1S/C24H27N7O3/c1-16-3-4-18(29-24(33)34)13-21(16)22(32)27-19-14-25-23(26-15-19)28-17-5-7-20(8-6-17)31-11-9-30(2)10-12-31/h3-8,13-15,29H,9-12H2,1-2H3,(H,27,32)(H,33,34)(H,25,26,28). The molecule has 0 bridgehead atoms. The van der Waals surface area contributed by atoms with Gasteiger partial charge in [0.2, 0.25) is 5.95 Å². The van der Waals surface area contributed by atoms with Crippen LogP contribution in [0.3, 0.4) is 0 Å². The van der Waals surface area contributed by atoms with Crippen LogP contribution in [0, 0.1) is 6.92 Å². The van der Waals surface area contributed by atoms with E-state index in [9.17, 15) is 9.59 Å². The van der Waals surface area contributed by atoms with Crippen molar-refractivity contribution in [3.63, 3.8) is 0 Å². The van der Waals surface area contributed by atoms with Crippen molar-refractivity contribution >= 4 is 40.7 Å². The number of amides is 2. The van der Waals surface area contributed by atoms with Gasteiger partial charge in [-0.3, -0.25) is 10.1 Å². The average molecular weight is 462 g/mol. The number of hydrogen-bond acceptors (Lipinski definition) is 7. The number of rotatable bonds is 6. The third-order valence-corrected chi connectivity index (χ3v) is 5.64. The molecule has 1 aliphatic rings. The third-order valence-electron chi connectivity index (χ3n) is 5.64. The van der Waals surface area contributed by atoms with Crippen LogP contribution in [-0.2, 0) is 0 Å². The predicted molar refractivity (Wildman–Crippen MR) is 132 cm³/mol. The first-order valence-electron chi connectivity index (χ1n) is 10.9. The zero-order chi connectivity index (χ0) is 24.1. The van der Waals surface area contributed by atoms with Gasteiger partial charge in [0.05, 0.1) is 18.1 Å². The fourth-order valence-corrected chi connectivity index (χ4v) is 3.67. The molecule has 3 aromatic rings. The lowest BCUT2D eigenvalue weighted by Gasteiger charge is -2.34. The first kappa shape index (κ1) is 23.0. The van der Waals surface area contributed by atoms with E-state index in [0.717, 1.165) is 31.9 Å². The highest BCUT2D eigenvalue weighted by atomic mass is 16.4. The Bertz CT molecular complexity index is 1160. The maximum atomic E-state index is 12.7. The summed E-state index contributed by atoms with van der Waals surface area (Å²) in [7, 11) is 2.14. The molecule has 34 heavy (non-hydrogen) atoms. The third kappa shape index (κ3) is 5.78. The van der Waals surface area contributed by atoms with Crippen LogP contribution in [0.5, 0.6) is 0 Å². The average Bonchev–Trinajstić information content (AvgIpc) is 2.82. The normalized spacial score (nSPS) is 13.9. The molecule has 1 saturated heterocycles. The van der Waals surface area contributed by atoms with E-state index in [1.54, 1.807) is 19.1 Å². The molecule has 2 aromatic carbocycles. The molecule has 0 saturated carbocycles. The lowest BCUT2D eigenvalue weighted by Crippen LogP contribution is -2.44. The Hall–Kier alpha value is -4.18. The van der Waals surface area contributed by atoms with Gasteiger partial charge < -0.3 is 25.5 Å². The second-order valence-electron chi connectivity index (χ2n) is 8.17. The Morgan fingerprint density at radius 3 is 2.18 bits per heavy atom. The van der Waals surface area contributed by atoms with Gasteiger partial charge in [-0.1, -0.05) is 6.07 Å². The Balaban J connectivity index is 1.36. The molecule has 0 radical (unpaired) electrons. The van der Waals surface area contributed by atoms with Crippen LogP contribution in [0.15, 0.2) is 54.9 Å². The number of aryl methyl sites for hydroxylation is 1. The molecule has 10 heteroatoms. The molecule has 1 aromatic heterocycles. The quantitative estimate of drug-likeness (QED) is 0.439. The number of aromatic nitrogens is 2. The molecule has 10 nitrogen and oxygen atoms in total. The number of carbonyl (C=O) groups is 2. The van der Waals surface area contributed by atoms with Crippen molar-refractivity contribution in [2.24, 2.45) is 0 Å². The van der Waals surface area contributed by atoms with Gasteiger partial charge in [0.1, 0.15) is 0 Å². The summed E-state index contributed by atoms with van der Waals surface area (Å²) in [6.07, 6.45) is 1.83. The molecule has 4 rings (SSSR count). The van der Waals surface area contributed by atoms with Crippen LogP contribution in [-0.4, -0.2) is 65.2 Å². The van der Waals surface area contributed by atoms with Crippen molar-refractivity contribution in [2.75, 3.05) is 54.1 Å². The van der Waals surface area contributed by atoms with Crippen LogP contribution >= 0.6 is 0 Å². The summed E-state index contributed by atoms with van der Waals surface area (Å²) in [5.74, 6) is 0.0320. The van der Waals surface area contributed by atoms with Gasteiger partial charge in [0, 0.05) is 48.8 Å². The van der Waals surface area contributed by atoms with Crippen LogP contribution in [0.4, 0.5) is 33.5 Å². The summed E-state index contributed by atoms with van der Waals surface area (Å²) in [4.78, 5) is 36.8. The molecule has 0 spiro atoms. The molecule has 0 unspecified atom stereocenters. The summed E-state index contributed by atoms with van der Waals surface area (Å²) >= 11 is 0. The maximum absolute atomic E-state index is 12.7. The highest BCUT2D eigenvalue weighted by molar-refractivity contribution is 6.06. The first-order valence-corrected chi connectivity index (χ1v) is 10.9. The van der Waals surface area contributed by atoms with Crippen LogP contribution < -0.4 is 20.9 Å². The summed E-state index contributed by atoms with van der Waals surface area (Å²) in [5.41, 5.74) is 3.87. The van der Waals surface area contributed by atoms with Crippen LogP contribution in [0.2, 0.25) is 0 Å². The number of piperazine rings is 1. The number of carboxylic acid groups (broad SMARTS) is 1. The lowest BCUT2D eigenvalue weighted by atomic mass is 10.1. The largest absolute Gasteiger partial charge is 0.465 e. The van der Waals surface area contributed by atoms with Gasteiger partial charge >= 0.3 is 6.09 Å². The van der Waals surface area contributed by atoms with Crippen LogP contribution in [0.25, 0.3) is 0 Å². The van der Waals surface area contributed by atoms with E-state index in [4.69, 9.17) is 5.11 Å². The van der Waals surface area contributed by atoms with Gasteiger partial charge in [-0.05, 0) is 55.9 Å². The van der Waals surface area contributed by atoms with E-state index in [1.807, 2.05) is 12.1 Å². The number of hydrogen-bond donors (Lipinski definition) is 4. The van der Waals surface area contributed by atoms with E-state index in [-0.39, 0.29) is 5.91 Å². The van der Waals surface area contributed by atoms with Gasteiger partial charge in [-0.25, -0.2) is 14.8 Å². The first-order chi connectivity index (χ1) is 16.4. The van der Waals surface area contributed by atoms with E-state index in [0.29, 0.717) is 28.5 Å². The van der Waals surface area contributed by atoms with Gasteiger partial charge in [-0.2, -0.15) is 0 Å². The molecule has 0 aliphatic carbocycles.